The molecule has 17 heavy (non-hydrogen) atoms. The van der Waals surface area contributed by atoms with Gasteiger partial charge in [-0.3, -0.25) is 14.6 Å². The van der Waals surface area contributed by atoms with E-state index in [9.17, 15) is 4.79 Å². The predicted octanol–water partition coefficient (Wildman–Crippen LogP) is 0.516. The zero-order valence-electron chi connectivity index (χ0n) is 10.2. The van der Waals surface area contributed by atoms with Crippen LogP contribution < -0.4 is 5.56 Å². The molecular formula is C12H19N3O2. The zero-order chi connectivity index (χ0) is 11.8. The monoisotopic (exact) mass is 237 g/mol. The van der Waals surface area contributed by atoms with Crippen molar-refractivity contribution in [2.75, 3.05) is 26.7 Å². The standard InChI is InChI=1S/C12H19N3O2/c1-14-5-2-9(3-6-14)15-11-8-17-7-4-10(11)12(16)13-15/h9H,2-8H2,1H3,(H,13,16). The van der Waals surface area contributed by atoms with Crippen molar-refractivity contribution >= 4 is 0 Å². The maximum Gasteiger partial charge on any atom is 0.267 e. The maximum atomic E-state index is 11.8. The van der Waals surface area contributed by atoms with E-state index >= 15 is 0 Å². The quantitative estimate of drug-likeness (QED) is 0.774. The van der Waals surface area contributed by atoms with Crippen LogP contribution in [0.25, 0.3) is 0 Å². The van der Waals surface area contributed by atoms with Crippen LogP contribution in [0.1, 0.15) is 30.1 Å². The summed E-state index contributed by atoms with van der Waals surface area (Å²) < 4.78 is 7.54. The molecule has 5 heteroatoms. The fourth-order valence-electron chi connectivity index (χ4n) is 2.84. The van der Waals surface area contributed by atoms with Crippen molar-refractivity contribution in [3.8, 4) is 0 Å². The average molecular weight is 237 g/mol. The summed E-state index contributed by atoms with van der Waals surface area (Å²) in [5.41, 5.74) is 2.10. The van der Waals surface area contributed by atoms with Crippen molar-refractivity contribution in [3.63, 3.8) is 0 Å². The molecule has 3 rings (SSSR count). The molecule has 1 N–H and O–H groups in total. The Kier molecular flexibility index (Phi) is 2.80. The van der Waals surface area contributed by atoms with Crippen LogP contribution in [0.15, 0.2) is 4.79 Å². The highest BCUT2D eigenvalue weighted by Gasteiger charge is 2.25. The van der Waals surface area contributed by atoms with Crippen molar-refractivity contribution in [1.29, 1.82) is 0 Å². The minimum atomic E-state index is 0.0854. The molecule has 3 heterocycles. The Morgan fingerprint density at radius 3 is 2.88 bits per heavy atom. The Morgan fingerprint density at radius 2 is 2.12 bits per heavy atom. The third kappa shape index (κ3) is 1.93. The van der Waals surface area contributed by atoms with Gasteiger partial charge in [0.1, 0.15) is 0 Å². The van der Waals surface area contributed by atoms with Gasteiger partial charge in [-0.25, -0.2) is 0 Å². The Hall–Kier alpha value is -1.07. The first-order chi connectivity index (χ1) is 8.25. The van der Waals surface area contributed by atoms with E-state index in [4.69, 9.17) is 4.74 Å². The Morgan fingerprint density at radius 1 is 1.35 bits per heavy atom. The summed E-state index contributed by atoms with van der Waals surface area (Å²) in [6.45, 7) is 3.45. The second-order valence-corrected chi connectivity index (χ2v) is 5.07. The number of aromatic amines is 1. The van der Waals surface area contributed by atoms with E-state index in [0.29, 0.717) is 19.3 Å². The second-order valence-electron chi connectivity index (χ2n) is 5.07. The van der Waals surface area contributed by atoms with E-state index in [2.05, 4.69) is 21.7 Å². The van der Waals surface area contributed by atoms with Crippen LogP contribution in [0.4, 0.5) is 0 Å². The van der Waals surface area contributed by atoms with Crippen LogP contribution in [-0.2, 0) is 17.8 Å². The first kappa shape index (κ1) is 11.0. The number of likely N-dealkylation sites (tertiary alicyclic amines) is 1. The molecular weight excluding hydrogens is 218 g/mol. The van der Waals surface area contributed by atoms with Gasteiger partial charge in [0.25, 0.3) is 5.56 Å². The number of hydrogen-bond acceptors (Lipinski definition) is 3. The van der Waals surface area contributed by atoms with Crippen LogP contribution in [0.2, 0.25) is 0 Å². The Bertz CT molecular complexity index is 455. The number of piperidine rings is 1. The van der Waals surface area contributed by atoms with Crippen LogP contribution >= 0.6 is 0 Å². The van der Waals surface area contributed by atoms with Gasteiger partial charge < -0.3 is 9.64 Å². The lowest BCUT2D eigenvalue weighted by atomic mass is 10.0. The normalized spacial score (nSPS) is 22.6. The number of hydrogen-bond donors (Lipinski definition) is 1. The molecule has 0 aliphatic carbocycles. The molecule has 0 radical (unpaired) electrons. The van der Waals surface area contributed by atoms with Crippen molar-refractivity contribution in [1.82, 2.24) is 14.7 Å². The summed E-state index contributed by atoms with van der Waals surface area (Å²) in [4.78, 5) is 14.2. The van der Waals surface area contributed by atoms with Crippen LogP contribution in [0.5, 0.6) is 0 Å². The molecule has 0 aromatic carbocycles. The predicted molar refractivity (Wildman–Crippen MR) is 64.2 cm³/mol. The van der Waals surface area contributed by atoms with Gasteiger partial charge >= 0.3 is 0 Å². The molecule has 2 aliphatic rings. The lowest BCUT2D eigenvalue weighted by Gasteiger charge is -2.31. The number of nitrogens with zero attached hydrogens (tertiary/aromatic N) is 2. The molecule has 0 bridgehead atoms. The summed E-state index contributed by atoms with van der Waals surface area (Å²) in [5, 5.41) is 3.00. The van der Waals surface area contributed by atoms with E-state index in [0.717, 1.165) is 43.6 Å². The highest BCUT2D eigenvalue weighted by Crippen LogP contribution is 2.24. The van der Waals surface area contributed by atoms with Gasteiger partial charge in [-0.05, 0) is 33.0 Å². The summed E-state index contributed by atoms with van der Waals surface area (Å²) in [6.07, 6.45) is 2.96. The second kappa shape index (κ2) is 4.31. The Balaban J connectivity index is 1.90. The van der Waals surface area contributed by atoms with Crippen molar-refractivity contribution in [3.05, 3.63) is 21.6 Å². The van der Waals surface area contributed by atoms with Gasteiger partial charge in [0.15, 0.2) is 0 Å². The van der Waals surface area contributed by atoms with Crippen LogP contribution in [0, 0.1) is 0 Å². The summed E-state index contributed by atoms with van der Waals surface area (Å²) >= 11 is 0. The molecule has 0 saturated carbocycles. The summed E-state index contributed by atoms with van der Waals surface area (Å²) in [5.74, 6) is 0. The van der Waals surface area contributed by atoms with Crippen molar-refractivity contribution < 1.29 is 4.74 Å². The number of nitrogens with one attached hydrogen (secondary N) is 1. The number of H-pyrrole nitrogens is 1. The molecule has 1 fully saturated rings. The minimum Gasteiger partial charge on any atom is -0.375 e. The van der Waals surface area contributed by atoms with E-state index in [1.54, 1.807) is 0 Å². The van der Waals surface area contributed by atoms with Crippen LogP contribution in [0.3, 0.4) is 0 Å². The summed E-state index contributed by atoms with van der Waals surface area (Å²) in [6, 6.07) is 0.435. The van der Waals surface area contributed by atoms with Crippen molar-refractivity contribution in [2.45, 2.75) is 31.9 Å². The van der Waals surface area contributed by atoms with Crippen LogP contribution in [-0.4, -0.2) is 41.4 Å². The highest BCUT2D eigenvalue weighted by atomic mass is 16.5. The molecule has 1 saturated heterocycles. The molecule has 94 valence electrons. The fraction of sp³-hybridized carbons (Fsp3) is 0.750. The third-order valence-corrected chi connectivity index (χ3v) is 3.92. The Labute approximate surface area is 100 Å². The number of ether oxygens (including phenoxy) is 1. The SMILES string of the molecule is CN1CCC(n2[nH]c(=O)c3c2COCC3)CC1. The molecule has 0 unspecified atom stereocenters. The van der Waals surface area contributed by atoms with Gasteiger partial charge in [-0.1, -0.05) is 0 Å². The van der Waals surface area contributed by atoms with E-state index in [-0.39, 0.29) is 5.56 Å². The van der Waals surface area contributed by atoms with Gasteiger partial charge in [-0.15, -0.1) is 0 Å². The summed E-state index contributed by atoms with van der Waals surface area (Å²) in [7, 11) is 2.15. The van der Waals surface area contributed by atoms with Gasteiger partial charge in [0.05, 0.1) is 24.9 Å². The number of fused-ring (bicyclic) bond motifs is 1. The lowest BCUT2D eigenvalue weighted by Crippen LogP contribution is -2.32. The van der Waals surface area contributed by atoms with Gasteiger partial charge in [0.2, 0.25) is 0 Å². The topological polar surface area (TPSA) is 50.3 Å². The smallest absolute Gasteiger partial charge is 0.267 e. The minimum absolute atomic E-state index is 0.0854. The van der Waals surface area contributed by atoms with Gasteiger partial charge in [-0.2, -0.15) is 0 Å². The fourth-order valence-corrected chi connectivity index (χ4v) is 2.84. The largest absolute Gasteiger partial charge is 0.375 e. The first-order valence-electron chi connectivity index (χ1n) is 6.34. The maximum absolute atomic E-state index is 11.8. The zero-order valence-corrected chi connectivity index (χ0v) is 10.2. The molecule has 2 aliphatic heterocycles. The molecule has 0 amide bonds. The molecule has 5 nitrogen and oxygen atoms in total. The molecule has 1 aromatic heterocycles. The third-order valence-electron chi connectivity index (χ3n) is 3.92. The number of aromatic nitrogens is 2. The van der Waals surface area contributed by atoms with E-state index in [1.807, 2.05) is 0 Å². The van der Waals surface area contributed by atoms with E-state index in [1.165, 1.54) is 0 Å². The van der Waals surface area contributed by atoms with Gasteiger partial charge in [0, 0.05) is 12.0 Å². The van der Waals surface area contributed by atoms with E-state index < -0.39 is 0 Å². The average Bonchev–Trinajstić information content (AvgIpc) is 2.69. The molecule has 0 spiro atoms. The molecule has 0 atom stereocenters. The van der Waals surface area contributed by atoms with Crippen molar-refractivity contribution in [2.24, 2.45) is 0 Å². The first-order valence-corrected chi connectivity index (χ1v) is 6.34. The lowest BCUT2D eigenvalue weighted by molar-refractivity contribution is 0.0995. The highest BCUT2D eigenvalue weighted by molar-refractivity contribution is 5.20. The number of rotatable bonds is 1. The molecule has 1 aromatic rings.